The zero-order valence-corrected chi connectivity index (χ0v) is 20.8. The number of halogens is 2. The largest absolute Gasteiger partial charge is 0.365 e. The lowest BCUT2D eigenvalue weighted by atomic mass is 10.1. The number of aromatic nitrogens is 3. The van der Waals surface area contributed by atoms with Gasteiger partial charge in [-0.05, 0) is 60.1 Å². The molecule has 1 amide bonds. The summed E-state index contributed by atoms with van der Waals surface area (Å²) in [6.07, 6.45) is 0. The van der Waals surface area contributed by atoms with Crippen LogP contribution in [0.15, 0.2) is 46.9 Å². The number of carbonyl (C=O) groups excluding carboxylic acids is 1. The molecule has 0 radical (unpaired) electrons. The van der Waals surface area contributed by atoms with Gasteiger partial charge in [0.25, 0.3) is 5.91 Å². The van der Waals surface area contributed by atoms with Gasteiger partial charge in [0.05, 0.1) is 26.7 Å². The molecule has 6 nitrogen and oxygen atoms in total. The Hall–Kier alpha value is -2.42. The SMILES string of the molecule is Cc1cc(C)n(-c2nc3c(N4CCN(C(=O)c5ccccc5Br)CC4)c(Cl)ccc3s2)n1. The summed E-state index contributed by atoms with van der Waals surface area (Å²) in [5, 5.41) is 6.08. The van der Waals surface area contributed by atoms with E-state index in [-0.39, 0.29) is 5.91 Å². The minimum absolute atomic E-state index is 0.0434. The number of carbonyl (C=O) groups is 1. The number of benzene rings is 2. The maximum atomic E-state index is 13.0. The normalized spacial score (nSPS) is 14.4. The zero-order valence-electron chi connectivity index (χ0n) is 17.7. The topological polar surface area (TPSA) is 54.3 Å². The Morgan fingerprint density at radius 2 is 1.84 bits per heavy atom. The number of anilines is 1. The van der Waals surface area contributed by atoms with Crippen LogP contribution in [0.5, 0.6) is 0 Å². The Kier molecular flexibility index (Phi) is 5.69. The van der Waals surface area contributed by atoms with Gasteiger partial charge >= 0.3 is 0 Å². The summed E-state index contributed by atoms with van der Waals surface area (Å²) in [5.74, 6) is 0.0434. The van der Waals surface area contributed by atoms with Gasteiger partial charge in [-0.1, -0.05) is 35.1 Å². The van der Waals surface area contributed by atoms with Crippen LogP contribution < -0.4 is 4.90 Å². The fraction of sp³-hybridized carbons (Fsp3) is 0.261. The molecule has 9 heteroatoms. The van der Waals surface area contributed by atoms with E-state index in [9.17, 15) is 4.79 Å². The molecule has 3 heterocycles. The Balaban J connectivity index is 1.42. The fourth-order valence-electron chi connectivity index (χ4n) is 4.10. The second kappa shape index (κ2) is 8.50. The molecule has 0 atom stereocenters. The van der Waals surface area contributed by atoms with Crippen LogP contribution in [-0.2, 0) is 0 Å². The van der Waals surface area contributed by atoms with E-state index < -0.39 is 0 Å². The molecule has 32 heavy (non-hydrogen) atoms. The summed E-state index contributed by atoms with van der Waals surface area (Å²) >= 11 is 11.7. The van der Waals surface area contributed by atoms with E-state index in [2.05, 4.69) is 25.9 Å². The molecule has 0 spiro atoms. The molecule has 0 unspecified atom stereocenters. The third-order valence-electron chi connectivity index (χ3n) is 5.65. The summed E-state index contributed by atoms with van der Waals surface area (Å²) in [7, 11) is 0. The molecule has 1 aliphatic rings. The van der Waals surface area contributed by atoms with Crippen LogP contribution in [0.1, 0.15) is 21.7 Å². The monoisotopic (exact) mass is 529 g/mol. The molecule has 0 bridgehead atoms. The fourth-order valence-corrected chi connectivity index (χ4v) is 5.80. The summed E-state index contributed by atoms with van der Waals surface area (Å²) < 4.78 is 3.77. The van der Waals surface area contributed by atoms with Gasteiger partial charge in [0, 0.05) is 36.3 Å². The van der Waals surface area contributed by atoms with Crippen molar-refractivity contribution in [3.05, 3.63) is 68.9 Å². The highest BCUT2D eigenvalue weighted by molar-refractivity contribution is 9.10. The molecule has 2 aromatic heterocycles. The number of piperazine rings is 1. The number of thiazole rings is 1. The molecular formula is C23H21BrClN5OS. The summed E-state index contributed by atoms with van der Waals surface area (Å²) in [4.78, 5) is 22.0. The van der Waals surface area contributed by atoms with Gasteiger partial charge in [0.1, 0.15) is 5.52 Å². The summed E-state index contributed by atoms with van der Waals surface area (Å²) in [5.41, 5.74) is 4.52. The smallest absolute Gasteiger partial charge is 0.255 e. The van der Waals surface area contributed by atoms with Crippen LogP contribution in [-0.4, -0.2) is 51.8 Å². The van der Waals surface area contributed by atoms with Crippen molar-refractivity contribution in [1.29, 1.82) is 0 Å². The van der Waals surface area contributed by atoms with E-state index in [4.69, 9.17) is 16.6 Å². The van der Waals surface area contributed by atoms with Gasteiger partial charge < -0.3 is 9.80 Å². The molecule has 1 aliphatic heterocycles. The lowest BCUT2D eigenvalue weighted by Gasteiger charge is -2.36. The van der Waals surface area contributed by atoms with Gasteiger partial charge in [0.2, 0.25) is 5.13 Å². The number of nitrogens with zero attached hydrogens (tertiary/aromatic N) is 5. The van der Waals surface area contributed by atoms with Crippen molar-refractivity contribution in [2.45, 2.75) is 13.8 Å². The first-order valence-corrected chi connectivity index (χ1v) is 12.3. The maximum absolute atomic E-state index is 13.0. The first kappa shape index (κ1) is 21.4. The van der Waals surface area contributed by atoms with Gasteiger partial charge in [-0.3, -0.25) is 4.79 Å². The van der Waals surface area contributed by atoms with Crippen molar-refractivity contribution in [2.75, 3.05) is 31.1 Å². The second-order valence-electron chi connectivity index (χ2n) is 7.84. The highest BCUT2D eigenvalue weighted by Crippen LogP contribution is 2.38. The molecule has 164 valence electrons. The molecule has 1 fully saturated rings. The van der Waals surface area contributed by atoms with Crippen molar-refractivity contribution in [3.8, 4) is 5.13 Å². The highest BCUT2D eigenvalue weighted by Gasteiger charge is 2.26. The first-order chi connectivity index (χ1) is 15.4. The van der Waals surface area contributed by atoms with Crippen LogP contribution in [0, 0.1) is 13.8 Å². The predicted octanol–water partition coefficient (Wildman–Crippen LogP) is 5.48. The van der Waals surface area contributed by atoms with E-state index in [1.165, 1.54) is 0 Å². The summed E-state index contributed by atoms with van der Waals surface area (Å²) in [6, 6.07) is 13.5. The van der Waals surface area contributed by atoms with Crippen LogP contribution in [0.3, 0.4) is 0 Å². The van der Waals surface area contributed by atoms with E-state index in [0.717, 1.165) is 36.9 Å². The molecule has 1 saturated heterocycles. The molecule has 0 aliphatic carbocycles. The molecule has 0 N–H and O–H groups in total. The Bertz CT molecular complexity index is 1330. The second-order valence-corrected chi connectivity index (χ2v) is 10.1. The minimum atomic E-state index is 0.0434. The van der Waals surface area contributed by atoms with Gasteiger partial charge in [-0.2, -0.15) is 5.10 Å². The van der Waals surface area contributed by atoms with Crippen molar-refractivity contribution >= 4 is 60.7 Å². The van der Waals surface area contributed by atoms with Gasteiger partial charge in [0.15, 0.2) is 0 Å². The first-order valence-electron chi connectivity index (χ1n) is 10.3. The van der Waals surface area contributed by atoms with Crippen molar-refractivity contribution in [2.24, 2.45) is 0 Å². The predicted molar refractivity (Wildman–Crippen MR) is 133 cm³/mol. The number of hydrogen-bond acceptors (Lipinski definition) is 5. The zero-order chi connectivity index (χ0) is 22.4. The third-order valence-corrected chi connectivity index (χ3v) is 7.64. The number of aryl methyl sites for hydroxylation is 2. The maximum Gasteiger partial charge on any atom is 0.255 e. The lowest BCUT2D eigenvalue weighted by Crippen LogP contribution is -2.49. The number of rotatable bonds is 3. The number of fused-ring (bicyclic) bond motifs is 1. The quantitative estimate of drug-likeness (QED) is 0.352. The molecule has 0 saturated carbocycles. The van der Waals surface area contributed by atoms with Crippen molar-refractivity contribution in [3.63, 3.8) is 0 Å². The lowest BCUT2D eigenvalue weighted by molar-refractivity contribution is 0.0746. The number of hydrogen-bond donors (Lipinski definition) is 0. The molecule has 5 rings (SSSR count). The average Bonchev–Trinajstić information content (AvgIpc) is 3.36. The van der Waals surface area contributed by atoms with Crippen LogP contribution in [0.4, 0.5) is 5.69 Å². The van der Waals surface area contributed by atoms with Crippen molar-refractivity contribution < 1.29 is 4.79 Å². The van der Waals surface area contributed by atoms with E-state index in [1.54, 1.807) is 11.3 Å². The van der Waals surface area contributed by atoms with Crippen LogP contribution >= 0.6 is 38.9 Å². The van der Waals surface area contributed by atoms with Gasteiger partial charge in [-0.25, -0.2) is 9.67 Å². The van der Waals surface area contributed by atoms with Crippen LogP contribution in [0.25, 0.3) is 15.3 Å². The van der Waals surface area contributed by atoms with Gasteiger partial charge in [-0.15, -0.1) is 0 Å². The molecular weight excluding hydrogens is 510 g/mol. The highest BCUT2D eigenvalue weighted by atomic mass is 79.9. The van der Waals surface area contributed by atoms with Crippen LogP contribution in [0.2, 0.25) is 5.02 Å². The molecule has 4 aromatic rings. The van der Waals surface area contributed by atoms with E-state index >= 15 is 0 Å². The Labute approximate surface area is 203 Å². The molecule has 2 aromatic carbocycles. The van der Waals surface area contributed by atoms with E-state index in [0.29, 0.717) is 36.8 Å². The van der Waals surface area contributed by atoms with Crippen molar-refractivity contribution in [1.82, 2.24) is 19.7 Å². The Morgan fingerprint density at radius 3 is 2.53 bits per heavy atom. The van der Waals surface area contributed by atoms with E-state index in [1.807, 2.05) is 65.9 Å². The minimum Gasteiger partial charge on any atom is -0.365 e. The Morgan fingerprint density at radius 1 is 1.09 bits per heavy atom. The summed E-state index contributed by atoms with van der Waals surface area (Å²) in [6.45, 7) is 6.65. The standard InChI is InChI=1S/C23H21BrClN5OS/c1-14-13-15(2)30(27-14)23-26-20-19(32-23)8-7-18(25)21(20)28-9-11-29(12-10-28)22(31)16-5-3-4-6-17(16)24/h3-8,13H,9-12H2,1-2H3. The third kappa shape index (κ3) is 3.80. The average molecular weight is 531 g/mol. The number of amides is 1.